The molecule has 4 nitrogen and oxygen atoms in total. The molecule has 0 unspecified atom stereocenters. The molecule has 0 bridgehead atoms. The van der Waals surface area contributed by atoms with E-state index in [1.165, 1.54) is 12.1 Å². The summed E-state index contributed by atoms with van der Waals surface area (Å²) in [5.41, 5.74) is 5.23. The molecule has 2 aromatic carbocycles. The summed E-state index contributed by atoms with van der Waals surface area (Å²) in [6.07, 6.45) is 3.46. The van der Waals surface area contributed by atoms with Crippen LogP contribution < -0.4 is 5.10 Å². The molecule has 155 valence electrons. The van der Waals surface area contributed by atoms with Crippen molar-refractivity contribution in [3.63, 3.8) is 0 Å². The zero-order valence-electron chi connectivity index (χ0n) is 16.3. The summed E-state index contributed by atoms with van der Waals surface area (Å²) in [6.45, 7) is 0. The Morgan fingerprint density at radius 2 is 1.39 bits per heavy atom. The molecule has 1 radical (unpaired) electrons. The van der Waals surface area contributed by atoms with Gasteiger partial charge in [-0.15, -0.1) is 29.8 Å². The van der Waals surface area contributed by atoms with Crippen molar-refractivity contribution in [2.24, 2.45) is 0 Å². The van der Waals surface area contributed by atoms with E-state index in [1.807, 2.05) is 72.8 Å². The summed E-state index contributed by atoms with van der Waals surface area (Å²) in [5, 5.41) is 8.32. The first-order valence-corrected chi connectivity index (χ1v) is 9.35. The molecule has 0 aliphatic rings. The van der Waals surface area contributed by atoms with Crippen molar-refractivity contribution in [2.45, 2.75) is 0 Å². The minimum atomic E-state index is -0.278. The van der Waals surface area contributed by atoms with E-state index in [-0.39, 0.29) is 25.9 Å². The summed E-state index contributed by atoms with van der Waals surface area (Å²) in [4.78, 5) is 8.38. The summed E-state index contributed by atoms with van der Waals surface area (Å²) < 4.78 is 12.6. The van der Waals surface area contributed by atoms with E-state index in [0.717, 1.165) is 33.9 Å². The Kier molecular flexibility index (Phi) is 7.93. The summed E-state index contributed by atoms with van der Waals surface area (Å²) in [5.74, 6) is -0.278. The molecule has 5 aromatic rings. The van der Waals surface area contributed by atoms with E-state index >= 15 is 0 Å². The van der Waals surface area contributed by atoms with Gasteiger partial charge in [0.05, 0.1) is 0 Å². The molecule has 0 aliphatic carbocycles. The number of halogens is 1. The number of aromatic nitrogens is 4. The Morgan fingerprint density at radius 1 is 0.710 bits per heavy atom. The average molecular weight is 585 g/mol. The van der Waals surface area contributed by atoms with Crippen molar-refractivity contribution in [3.8, 4) is 33.9 Å². The van der Waals surface area contributed by atoms with Gasteiger partial charge < -0.3 is 15.2 Å². The van der Waals surface area contributed by atoms with E-state index < -0.39 is 0 Å². The van der Waals surface area contributed by atoms with Crippen LogP contribution in [0.25, 0.3) is 33.9 Å². The Bertz CT molecular complexity index is 1120. The SMILES string of the molecule is Fc1c[c-]c(-c2ccccn2)cc1.[Ir].c1ccc(-c2cc(-c3ccccn3)[n-]n2)cc1. The van der Waals surface area contributed by atoms with Gasteiger partial charge in [-0.3, -0.25) is 9.37 Å². The van der Waals surface area contributed by atoms with Crippen LogP contribution in [0.3, 0.4) is 0 Å². The van der Waals surface area contributed by atoms with Crippen molar-refractivity contribution in [1.82, 2.24) is 20.2 Å². The Balaban J connectivity index is 0.000000176. The van der Waals surface area contributed by atoms with Crippen LogP contribution in [-0.4, -0.2) is 15.1 Å². The standard InChI is InChI=1S/C14H10N3.C11H7FN.Ir/c1-2-6-11(7-3-1)13-10-14(17-16-13)12-8-4-5-9-15-12;12-10-6-4-9(5-7-10)11-3-1-2-8-13-11;/h1-10H;1-4,6-8H;/q2*-1;. The zero-order valence-corrected chi connectivity index (χ0v) is 18.7. The van der Waals surface area contributed by atoms with E-state index in [0.29, 0.717) is 0 Å². The van der Waals surface area contributed by atoms with Crippen LogP contribution in [0.2, 0.25) is 0 Å². The fourth-order valence-electron chi connectivity index (χ4n) is 2.77. The molecule has 0 saturated heterocycles. The second-order valence-electron chi connectivity index (χ2n) is 6.33. The topological polar surface area (TPSA) is 52.8 Å². The number of benzene rings is 2. The monoisotopic (exact) mass is 585 g/mol. The third kappa shape index (κ3) is 6.01. The largest absolute Gasteiger partial charge is 0.573 e. The second kappa shape index (κ2) is 11.1. The molecule has 0 aliphatic heterocycles. The van der Waals surface area contributed by atoms with Gasteiger partial charge in [0.2, 0.25) is 0 Å². The minimum absolute atomic E-state index is 0. The number of rotatable bonds is 3. The molecular weight excluding hydrogens is 568 g/mol. The predicted octanol–water partition coefficient (Wildman–Crippen LogP) is 5.45. The zero-order chi connectivity index (χ0) is 20.6. The second-order valence-corrected chi connectivity index (χ2v) is 6.33. The first kappa shape index (κ1) is 22.2. The van der Waals surface area contributed by atoms with Gasteiger partial charge in [0, 0.05) is 49.7 Å². The number of nitrogens with zero attached hydrogens (tertiary/aromatic N) is 4. The van der Waals surface area contributed by atoms with Gasteiger partial charge in [-0.05, 0) is 35.5 Å². The fraction of sp³-hybridized carbons (Fsp3) is 0. The Morgan fingerprint density at radius 3 is 2.00 bits per heavy atom. The Labute approximate surface area is 193 Å². The van der Waals surface area contributed by atoms with Gasteiger partial charge in [-0.25, -0.2) is 0 Å². The number of hydrogen-bond donors (Lipinski definition) is 0. The molecular formula is C25H17FIrN4-2. The van der Waals surface area contributed by atoms with Crippen LogP contribution >= 0.6 is 0 Å². The third-order valence-electron chi connectivity index (χ3n) is 4.25. The minimum Gasteiger partial charge on any atom is -0.573 e. The third-order valence-corrected chi connectivity index (χ3v) is 4.25. The number of hydrogen-bond acceptors (Lipinski definition) is 3. The Hall–Kier alpha value is -3.47. The fourth-order valence-corrected chi connectivity index (χ4v) is 2.77. The van der Waals surface area contributed by atoms with Crippen molar-refractivity contribution in [1.29, 1.82) is 0 Å². The summed E-state index contributed by atoms with van der Waals surface area (Å²) in [7, 11) is 0. The van der Waals surface area contributed by atoms with Gasteiger partial charge in [-0.1, -0.05) is 54.2 Å². The molecule has 0 saturated carbocycles. The molecule has 6 heteroatoms. The molecule has 3 aromatic heterocycles. The molecule has 5 rings (SSSR count). The molecule has 31 heavy (non-hydrogen) atoms. The average Bonchev–Trinajstić information content (AvgIpc) is 3.32. The van der Waals surface area contributed by atoms with Crippen LogP contribution in [0, 0.1) is 11.9 Å². The maximum absolute atomic E-state index is 12.6. The molecule has 0 spiro atoms. The van der Waals surface area contributed by atoms with Crippen LogP contribution in [-0.2, 0) is 20.1 Å². The van der Waals surface area contributed by atoms with Crippen molar-refractivity contribution >= 4 is 0 Å². The van der Waals surface area contributed by atoms with E-state index in [1.54, 1.807) is 18.5 Å². The van der Waals surface area contributed by atoms with E-state index in [4.69, 9.17) is 0 Å². The van der Waals surface area contributed by atoms with Crippen LogP contribution in [0.15, 0.2) is 103 Å². The van der Waals surface area contributed by atoms with Crippen LogP contribution in [0.4, 0.5) is 4.39 Å². The van der Waals surface area contributed by atoms with Gasteiger partial charge >= 0.3 is 0 Å². The van der Waals surface area contributed by atoms with Crippen molar-refractivity contribution in [2.75, 3.05) is 0 Å². The van der Waals surface area contributed by atoms with Gasteiger partial charge in [-0.2, -0.15) is 0 Å². The number of pyridine rings is 2. The van der Waals surface area contributed by atoms with Gasteiger partial charge in [0.25, 0.3) is 0 Å². The predicted molar refractivity (Wildman–Crippen MR) is 115 cm³/mol. The van der Waals surface area contributed by atoms with Gasteiger partial charge in [0.1, 0.15) is 0 Å². The first-order chi connectivity index (χ1) is 14.8. The molecule has 0 fully saturated rings. The molecule has 0 amide bonds. The first-order valence-electron chi connectivity index (χ1n) is 9.35. The summed E-state index contributed by atoms with van der Waals surface area (Å²) >= 11 is 0. The van der Waals surface area contributed by atoms with Crippen molar-refractivity contribution in [3.05, 3.63) is 115 Å². The summed E-state index contributed by atoms with van der Waals surface area (Å²) in [6, 6.07) is 30.5. The normalized spacial score (nSPS) is 9.84. The van der Waals surface area contributed by atoms with Crippen molar-refractivity contribution < 1.29 is 24.5 Å². The van der Waals surface area contributed by atoms with E-state index in [9.17, 15) is 4.39 Å². The molecule has 3 heterocycles. The molecule has 0 N–H and O–H groups in total. The van der Waals surface area contributed by atoms with Gasteiger partial charge in [0.15, 0.2) is 0 Å². The van der Waals surface area contributed by atoms with Crippen LogP contribution in [0.5, 0.6) is 0 Å². The smallest absolute Gasteiger partial charge is 0.0494 e. The maximum Gasteiger partial charge on any atom is 0.0494 e. The maximum atomic E-state index is 12.6. The van der Waals surface area contributed by atoms with Crippen LogP contribution in [0.1, 0.15) is 0 Å². The molecule has 0 atom stereocenters. The quantitative estimate of drug-likeness (QED) is 0.265. The van der Waals surface area contributed by atoms with E-state index in [2.05, 4.69) is 26.2 Å².